The van der Waals surface area contributed by atoms with Gasteiger partial charge in [-0.25, -0.2) is 16.8 Å². The second-order valence-corrected chi connectivity index (χ2v) is 8.54. The molecular weight excluding hydrogens is 377 g/mol. The molecule has 0 fully saturated rings. The van der Waals surface area contributed by atoms with Gasteiger partial charge >= 0.3 is 0 Å². The van der Waals surface area contributed by atoms with Crippen molar-refractivity contribution in [3.63, 3.8) is 0 Å². The summed E-state index contributed by atoms with van der Waals surface area (Å²) in [5, 5.41) is 4.03. The van der Waals surface area contributed by atoms with Crippen LogP contribution in [0, 0.1) is 12.7 Å². The number of aromatic amines is 1. The van der Waals surface area contributed by atoms with E-state index < -0.39 is 15.8 Å². The molecule has 0 bridgehead atoms. The third kappa shape index (κ3) is 3.12. The summed E-state index contributed by atoms with van der Waals surface area (Å²) in [5.41, 5.74) is 3.60. The number of nitrogens with one attached hydrogen (secondary N) is 2. The molecule has 0 amide bonds. The maximum absolute atomic E-state index is 13.8. The molecule has 0 unspecified atom stereocenters. The lowest BCUT2D eigenvalue weighted by atomic mass is 10.1. The lowest BCUT2D eigenvalue weighted by Gasteiger charge is -2.13. The van der Waals surface area contributed by atoms with Gasteiger partial charge in [-0.3, -0.25) is 0 Å². The highest BCUT2D eigenvalue weighted by Gasteiger charge is 2.24. The lowest BCUT2D eigenvalue weighted by molar-refractivity contribution is 0.582. The Bertz CT molecular complexity index is 1270. The number of H-pyrrole nitrogens is 1. The predicted octanol–water partition coefficient (Wildman–Crippen LogP) is 4.04. The zero-order chi connectivity index (χ0) is 19.9. The zero-order valence-corrected chi connectivity index (χ0v) is 16.3. The Hall–Kier alpha value is -2.90. The van der Waals surface area contributed by atoms with E-state index >= 15 is 0 Å². The average Bonchev–Trinajstić information content (AvgIpc) is 3.30. The lowest BCUT2D eigenvalue weighted by Crippen LogP contribution is -2.15. The fourth-order valence-electron chi connectivity index (χ4n) is 3.38. The van der Waals surface area contributed by atoms with E-state index in [0.29, 0.717) is 17.8 Å². The summed E-state index contributed by atoms with van der Waals surface area (Å²) in [5.74, 6) is -0.581. The number of aromatic nitrogens is 2. The van der Waals surface area contributed by atoms with Crippen LogP contribution in [0.2, 0.25) is 0 Å². The Kier molecular flexibility index (Phi) is 4.56. The van der Waals surface area contributed by atoms with E-state index in [1.807, 2.05) is 36.5 Å². The first-order valence-electron chi connectivity index (χ1n) is 8.85. The second-order valence-electron chi connectivity index (χ2n) is 6.75. The molecule has 0 aliphatic carbocycles. The predicted molar refractivity (Wildman–Crippen MR) is 108 cm³/mol. The van der Waals surface area contributed by atoms with Crippen molar-refractivity contribution in [3.8, 4) is 11.3 Å². The molecule has 4 aromatic rings. The molecule has 4 rings (SSSR count). The molecule has 2 aromatic carbocycles. The maximum Gasteiger partial charge on any atom is 0.268 e. The summed E-state index contributed by atoms with van der Waals surface area (Å²) in [6.07, 6.45) is 3.43. The number of nitrogens with zero attached hydrogens (tertiary/aromatic N) is 1. The molecular formula is C21H20FN3O2S. The van der Waals surface area contributed by atoms with Crippen molar-refractivity contribution in [2.45, 2.75) is 18.4 Å². The van der Waals surface area contributed by atoms with E-state index in [-0.39, 0.29) is 4.90 Å². The first-order valence-corrected chi connectivity index (χ1v) is 10.3. The first kappa shape index (κ1) is 18.5. The number of hydrogen-bond donors (Lipinski definition) is 2. The molecule has 0 saturated carbocycles. The highest BCUT2D eigenvalue weighted by atomic mass is 32.2. The minimum Gasteiger partial charge on any atom is -0.361 e. The van der Waals surface area contributed by atoms with Crippen LogP contribution < -0.4 is 5.32 Å². The molecule has 0 aliphatic heterocycles. The standard InChI is InChI=1S/C21H20FN3O2S/c1-14-3-5-18(22)11-21(14)28(26,27)25-13-15(12-23-2)9-20(25)17-4-6-19-16(10-17)7-8-24-19/h3-11,13,23-24H,12H2,1-2H3. The molecule has 2 N–H and O–H groups in total. The van der Waals surface area contributed by atoms with Gasteiger partial charge < -0.3 is 10.3 Å². The Labute approximate surface area is 162 Å². The topological polar surface area (TPSA) is 66.9 Å². The highest BCUT2D eigenvalue weighted by molar-refractivity contribution is 7.90. The highest BCUT2D eigenvalue weighted by Crippen LogP contribution is 2.30. The van der Waals surface area contributed by atoms with Gasteiger partial charge in [-0.2, -0.15) is 0 Å². The van der Waals surface area contributed by atoms with Crippen molar-refractivity contribution in [3.05, 3.63) is 77.9 Å². The number of rotatable bonds is 5. The van der Waals surface area contributed by atoms with Gasteiger partial charge in [-0.05, 0) is 67.1 Å². The number of hydrogen-bond acceptors (Lipinski definition) is 3. The van der Waals surface area contributed by atoms with Crippen LogP contribution in [0.5, 0.6) is 0 Å². The van der Waals surface area contributed by atoms with Crippen LogP contribution in [0.1, 0.15) is 11.1 Å². The number of aryl methyl sites for hydroxylation is 1. The van der Waals surface area contributed by atoms with Gasteiger partial charge in [0, 0.05) is 29.8 Å². The van der Waals surface area contributed by atoms with Crippen LogP contribution in [-0.4, -0.2) is 24.4 Å². The fraction of sp³-hybridized carbons (Fsp3) is 0.143. The van der Waals surface area contributed by atoms with Crippen LogP contribution in [0.4, 0.5) is 4.39 Å². The summed E-state index contributed by atoms with van der Waals surface area (Å²) < 4.78 is 41.8. The van der Waals surface area contributed by atoms with Gasteiger partial charge in [-0.1, -0.05) is 12.1 Å². The first-order chi connectivity index (χ1) is 13.4. The summed E-state index contributed by atoms with van der Waals surface area (Å²) in [6.45, 7) is 2.18. The van der Waals surface area contributed by atoms with E-state index in [0.717, 1.165) is 28.1 Å². The van der Waals surface area contributed by atoms with Crippen LogP contribution in [-0.2, 0) is 16.6 Å². The van der Waals surface area contributed by atoms with E-state index in [4.69, 9.17) is 0 Å². The molecule has 2 heterocycles. The quantitative estimate of drug-likeness (QED) is 0.534. The van der Waals surface area contributed by atoms with Gasteiger partial charge in [0.1, 0.15) is 5.82 Å². The minimum atomic E-state index is -3.97. The van der Waals surface area contributed by atoms with Crippen molar-refractivity contribution in [2.75, 3.05) is 7.05 Å². The number of benzene rings is 2. The monoisotopic (exact) mass is 397 g/mol. The van der Waals surface area contributed by atoms with Crippen LogP contribution >= 0.6 is 0 Å². The molecule has 2 aromatic heterocycles. The van der Waals surface area contributed by atoms with Crippen molar-refractivity contribution < 1.29 is 12.8 Å². The number of fused-ring (bicyclic) bond motifs is 1. The van der Waals surface area contributed by atoms with Gasteiger partial charge in [0.25, 0.3) is 10.0 Å². The van der Waals surface area contributed by atoms with Crippen molar-refractivity contribution >= 4 is 20.9 Å². The molecule has 5 nitrogen and oxygen atoms in total. The van der Waals surface area contributed by atoms with E-state index in [2.05, 4.69) is 10.3 Å². The zero-order valence-electron chi connectivity index (χ0n) is 15.5. The van der Waals surface area contributed by atoms with E-state index in [9.17, 15) is 12.8 Å². The summed E-state index contributed by atoms with van der Waals surface area (Å²) >= 11 is 0. The molecule has 0 spiro atoms. The Morgan fingerprint density at radius 3 is 2.71 bits per heavy atom. The van der Waals surface area contributed by atoms with Crippen LogP contribution in [0.15, 0.2) is 65.8 Å². The Morgan fingerprint density at radius 2 is 1.93 bits per heavy atom. The molecule has 0 aliphatic rings. The normalized spacial score (nSPS) is 12.0. The second kappa shape index (κ2) is 6.92. The van der Waals surface area contributed by atoms with Gasteiger partial charge in [-0.15, -0.1) is 0 Å². The summed E-state index contributed by atoms with van der Waals surface area (Å²) in [6, 6.07) is 13.3. The molecule has 0 atom stereocenters. The summed E-state index contributed by atoms with van der Waals surface area (Å²) in [4.78, 5) is 3.09. The van der Waals surface area contributed by atoms with Crippen molar-refractivity contribution in [2.24, 2.45) is 0 Å². The Balaban J connectivity index is 1.94. The minimum absolute atomic E-state index is 0.0388. The number of halogens is 1. The molecule has 0 saturated heterocycles. The van der Waals surface area contributed by atoms with E-state index in [1.54, 1.807) is 20.2 Å². The summed E-state index contributed by atoms with van der Waals surface area (Å²) in [7, 11) is -2.17. The van der Waals surface area contributed by atoms with Gasteiger partial charge in [0.05, 0.1) is 10.6 Å². The van der Waals surface area contributed by atoms with Crippen molar-refractivity contribution in [1.29, 1.82) is 0 Å². The van der Waals surface area contributed by atoms with Crippen LogP contribution in [0.25, 0.3) is 22.2 Å². The molecule has 28 heavy (non-hydrogen) atoms. The average molecular weight is 397 g/mol. The molecule has 144 valence electrons. The third-order valence-electron chi connectivity index (χ3n) is 4.76. The fourth-order valence-corrected chi connectivity index (χ4v) is 5.02. The van der Waals surface area contributed by atoms with Gasteiger partial charge in [0.15, 0.2) is 0 Å². The van der Waals surface area contributed by atoms with E-state index in [1.165, 1.54) is 16.1 Å². The Morgan fingerprint density at radius 1 is 1.11 bits per heavy atom. The SMILES string of the molecule is CNCc1cc(-c2ccc3[nH]ccc3c2)n(S(=O)(=O)c2cc(F)ccc2C)c1. The third-order valence-corrected chi connectivity index (χ3v) is 6.58. The largest absolute Gasteiger partial charge is 0.361 e. The smallest absolute Gasteiger partial charge is 0.268 e. The van der Waals surface area contributed by atoms with Gasteiger partial charge in [0.2, 0.25) is 0 Å². The molecule has 7 heteroatoms. The molecule has 0 radical (unpaired) electrons. The maximum atomic E-state index is 13.8. The van der Waals surface area contributed by atoms with Crippen molar-refractivity contribution in [1.82, 2.24) is 14.3 Å². The van der Waals surface area contributed by atoms with Crippen LogP contribution in [0.3, 0.4) is 0 Å².